The Kier molecular flexibility index (Phi) is 4.48. The van der Waals surface area contributed by atoms with Crippen LogP contribution in [-0.4, -0.2) is 16.1 Å². The predicted molar refractivity (Wildman–Crippen MR) is 101 cm³/mol. The van der Waals surface area contributed by atoms with Crippen LogP contribution in [0, 0.1) is 5.82 Å². The average Bonchev–Trinajstić information content (AvgIpc) is 2.94. The summed E-state index contributed by atoms with van der Waals surface area (Å²) < 4.78 is 13.1. The largest absolute Gasteiger partial charge is 0.290 e. The van der Waals surface area contributed by atoms with Gasteiger partial charge in [-0.15, -0.1) is 0 Å². The fourth-order valence-corrected chi connectivity index (χ4v) is 4.02. The monoisotopic (exact) mass is 382 g/mol. The van der Waals surface area contributed by atoms with E-state index in [1.807, 2.05) is 30.3 Å². The van der Waals surface area contributed by atoms with E-state index < -0.39 is 5.91 Å². The van der Waals surface area contributed by atoms with Crippen molar-refractivity contribution >= 4 is 51.6 Å². The van der Waals surface area contributed by atoms with Crippen molar-refractivity contribution in [1.29, 1.82) is 0 Å². The van der Waals surface area contributed by atoms with Crippen LogP contribution in [0.1, 0.15) is 5.56 Å². The lowest BCUT2D eigenvalue weighted by Crippen LogP contribution is -2.17. The summed E-state index contributed by atoms with van der Waals surface area (Å²) in [6, 6.07) is 15.7. The molecule has 4 rings (SSSR count). The number of benzene rings is 2. The van der Waals surface area contributed by atoms with Gasteiger partial charge in [-0.3, -0.25) is 14.9 Å². The zero-order valence-corrected chi connectivity index (χ0v) is 14.9. The minimum Gasteiger partial charge on any atom is -0.282 e. The molecule has 1 saturated heterocycles. The van der Waals surface area contributed by atoms with Gasteiger partial charge in [0.2, 0.25) is 0 Å². The van der Waals surface area contributed by atoms with E-state index in [2.05, 4.69) is 10.3 Å². The van der Waals surface area contributed by atoms with Crippen LogP contribution in [0.15, 0.2) is 69.4 Å². The van der Waals surface area contributed by atoms with Crippen molar-refractivity contribution in [2.45, 2.75) is 9.92 Å². The number of thioether (sulfide) groups is 1. The van der Waals surface area contributed by atoms with Crippen molar-refractivity contribution < 1.29 is 14.0 Å². The van der Waals surface area contributed by atoms with Crippen LogP contribution >= 0.6 is 23.5 Å². The standard InChI is InChI=1S/C19H11FN2O2S2/c20-13-5-7-14(8-6-13)25-18-12(10-16-17(23)22-19(24)26-16)9-11-3-1-2-4-15(11)21-18/h1-10H,(H,22,23,24)/b16-10+. The van der Waals surface area contributed by atoms with Crippen molar-refractivity contribution in [3.63, 3.8) is 0 Å². The van der Waals surface area contributed by atoms with E-state index in [9.17, 15) is 14.0 Å². The van der Waals surface area contributed by atoms with Gasteiger partial charge in [0.15, 0.2) is 0 Å². The maximum atomic E-state index is 13.1. The van der Waals surface area contributed by atoms with Crippen molar-refractivity contribution in [1.82, 2.24) is 10.3 Å². The maximum Gasteiger partial charge on any atom is 0.290 e. The van der Waals surface area contributed by atoms with Crippen LogP contribution in [0.3, 0.4) is 0 Å². The van der Waals surface area contributed by atoms with E-state index in [4.69, 9.17) is 0 Å². The molecule has 0 unspecified atom stereocenters. The summed E-state index contributed by atoms with van der Waals surface area (Å²) in [5.41, 5.74) is 1.55. The summed E-state index contributed by atoms with van der Waals surface area (Å²) in [6.07, 6.45) is 1.66. The molecule has 3 aromatic rings. The molecule has 2 heterocycles. The van der Waals surface area contributed by atoms with E-state index in [0.29, 0.717) is 9.93 Å². The van der Waals surface area contributed by atoms with Gasteiger partial charge in [0, 0.05) is 15.8 Å². The highest BCUT2D eigenvalue weighted by Crippen LogP contribution is 2.34. The van der Waals surface area contributed by atoms with Gasteiger partial charge in [0.25, 0.3) is 11.1 Å². The van der Waals surface area contributed by atoms with Gasteiger partial charge < -0.3 is 0 Å². The minimum atomic E-state index is -0.411. The number of hydrogen-bond donors (Lipinski definition) is 1. The summed E-state index contributed by atoms with van der Waals surface area (Å²) >= 11 is 2.24. The Labute approximate surface area is 156 Å². The number of carbonyl (C=O) groups excluding carboxylic acids is 2. The van der Waals surface area contributed by atoms with Gasteiger partial charge in [0.05, 0.1) is 10.4 Å². The van der Waals surface area contributed by atoms with Crippen LogP contribution in [-0.2, 0) is 4.79 Å². The molecule has 7 heteroatoms. The van der Waals surface area contributed by atoms with Crippen LogP contribution in [0.2, 0.25) is 0 Å². The third-order valence-corrected chi connectivity index (χ3v) is 5.51. The molecule has 4 nitrogen and oxygen atoms in total. The first-order valence-corrected chi connectivity index (χ1v) is 9.30. The topological polar surface area (TPSA) is 59.1 Å². The Morgan fingerprint density at radius 2 is 1.85 bits per heavy atom. The zero-order chi connectivity index (χ0) is 18.1. The summed E-state index contributed by atoms with van der Waals surface area (Å²) in [6.45, 7) is 0. The Morgan fingerprint density at radius 1 is 1.08 bits per heavy atom. The number of carbonyl (C=O) groups is 2. The Bertz CT molecular complexity index is 1060. The number of halogens is 1. The second-order valence-electron chi connectivity index (χ2n) is 5.48. The number of aromatic nitrogens is 1. The van der Waals surface area contributed by atoms with E-state index in [0.717, 1.165) is 33.1 Å². The molecule has 128 valence electrons. The molecule has 1 fully saturated rings. The normalized spacial score (nSPS) is 15.7. The third-order valence-electron chi connectivity index (χ3n) is 3.67. The molecule has 0 saturated carbocycles. The first-order valence-electron chi connectivity index (χ1n) is 7.66. The van der Waals surface area contributed by atoms with Crippen molar-refractivity contribution in [2.75, 3.05) is 0 Å². The van der Waals surface area contributed by atoms with Crippen molar-refractivity contribution in [2.24, 2.45) is 0 Å². The predicted octanol–water partition coefficient (Wildman–Crippen LogP) is 4.85. The SMILES string of the molecule is O=C1NC(=O)/C(=C\c2cc3ccccc3nc2Sc2ccc(F)cc2)S1. The summed E-state index contributed by atoms with van der Waals surface area (Å²) in [4.78, 5) is 29.1. The van der Waals surface area contributed by atoms with Crippen LogP contribution in [0.4, 0.5) is 9.18 Å². The molecule has 1 N–H and O–H groups in total. The molecule has 2 aromatic carbocycles. The molecule has 1 aliphatic rings. The summed E-state index contributed by atoms with van der Waals surface area (Å²) in [5.74, 6) is -0.716. The highest BCUT2D eigenvalue weighted by atomic mass is 32.2. The smallest absolute Gasteiger partial charge is 0.282 e. The van der Waals surface area contributed by atoms with Crippen molar-refractivity contribution in [3.8, 4) is 0 Å². The molecule has 0 radical (unpaired) electrons. The van der Waals surface area contributed by atoms with Crippen LogP contribution in [0.25, 0.3) is 17.0 Å². The van der Waals surface area contributed by atoms with E-state index >= 15 is 0 Å². The molecule has 0 atom stereocenters. The molecular weight excluding hydrogens is 371 g/mol. The number of hydrogen-bond acceptors (Lipinski definition) is 5. The maximum absolute atomic E-state index is 13.1. The molecular formula is C19H11FN2O2S2. The first kappa shape index (κ1) is 16.8. The van der Waals surface area contributed by atoms with E-state index in [-0.39, 0.29) is 11.1 Å². The fraction of sp³-hybridized carbons (Fsp3) is 0. The molecule has 0 spiro atoms. The second kappa shape index (κ2) is 6.93. The van der Waals surface area contributed by atoms with Crippen LogP contribution in [0.5, 0.6) is 0 Å². The van der Waals surface area contributed by atoms with Gasteiger partial charge in [0.1, 0.15) is 10.8 Å². The zero-order valence-electron chi connectivity index (χ0n) is 13.2. The number of nitrogens with one attached hydrogen (secondary N) is 1. The lowest BCUT2D eigenvalue weighted by molar-refractivity contribution is -0.115. The highest BCUT2D eigenvalue weighted by molar-refractivity contribution is 8.18. The number of fused-ring (bicyclic) bond motifs is 1. The Balaban J connectivity index is 1.81. The molecule has 0 bridgehead atoms. The van der Waals surface area contributed by atoms with Gasteiger partial charge in [-0.2, -0.15) is 0 Å². The molecule has 2 amide bonds. The molecule has 26 heavy (non-hydrogen) atoms. The number of imide groups is 1. The highest BCUT2D eigenvalue weighted by Gasteiger charge is 2.25. The number of pyridine rings is 1. The quantitative estimate of drug-likeness (QED) is 0.656. The second-order valence-corrected chi connectivity index (χ2v) is 7.56. The van der Waals surface area contributed by atoms with Crippen LogP contribution < -0.4 is 5.32 Å². The number of rotatable bonds is 3. The molecule has 1 aromatic heterocycles. The van der Waals surface area contributed by atoms with E-state index in [1.54, 1.807) is 18.2 Å². The third kappa shape index (κ3) is 3.49. The van der Waals surface area contributed by atoms with Gasteiger partial charge >= 0.3 is 0 Å². The van der Waals surface area contributed by atoms with Gasteiger partial charge in [-0.05, 0) is 54.2 Å². The summed E-state index contributed by atoms with van der Waals surface area (Å²) in [5, 5.41) is 3.47. The Hall–Kier alpha value is -2.64. The summed E-state index contributed by atoms with van der Waals surface area (Å²) in [7, 11) is 0. The lowest BCUT2D eigenvalue weighted by Gasteiger charge is -2.08. The average molecular weight is 382 g/mol. The number of nitrogens with zero attached hydrogens (tertiary/aromatic N) is 1. The molecule has 0 aliphatic carbocycles. The minimum absolute atomic E-state index is 0.305. The first-order chi connectivity index (χ1) is 12.6. The van der Waals surface area contributed by atoms with E-state index in [1.165, 1.54) is 23.9 Å². The molecule has 1 aliphatic heterocycles. The van der Waals surface area contributed by atoms with Gasteiger partial charge in [-0.1, -0.05) is 30.0 Å². The number of para-hydroxylation sites is 1. The van der Waals surface area contributed by atoms with Gasteiger partial charge in [-0.25, -0.2) is 9.37 Å². The Morgan fingerprint density at radius 3 is 2.58 bits per heavy atom. The van der Waals surface area contributed by atoms with Crippen molar-refractivity contribution in [3.05, 3.63) is 70.9 Å². The lowest BCUT2D eigenvalue weighted by atomic mass is 10.1. The fourth-order valence-electron chi connectivity index (χ4n) is 2.48. The number of amides is 2.